The standard InChI is InChI=1S/C26H32N2OSSi/c1-5-13-22(21-30-25-27-18-12-19-28-25)20-29-31(26(2,3)4,23-14-8-6-9-15-23)24-16-10-7-11-17-24/h5-12,14-19,22H,1,13,20-21H2,2-4H3/t22-/m1/s1. The Morgan fingerprint density at radius 1 is 0.935 bits per heavy atom. The topological polar surface area (TPSA) is 35.0 Å². The largest absolute Gasteiger partial charge is 0.407 e. The van der Waals surface area contributed by atoms with Crippen LogP contribution in [0.25, 0.3) is 0 Å². The Kier molecular flexibility index (Phi) is 8.24. The van der Waals surface area contributed by atoms with Crippen molar-refractivity contribution < 1.29 is 4.43 Å². The molecule has 0 saturated heterocycles. The second-order valence-corrected chi connectivity index (χ2v) is 14.0. The molecule has 2 aromatic carbocycles. The van der Waals surface area contributed by atoms with Crippen LogP contribution in [0.5, 0.6) is 0 Å². The number of aromatic nitrogens is 2. The fourth-order valence-corrected chi connectivity index (χ4v) is 9.51. The average molecular weight is 449 g/mol. The van der Waals surface area contributed by atoms with Crippen molar-refractivity contribution in [2.45, 2.75) is 37.4 Å². The first kappa shape index (κ1) is 23.5. The van der Waals surface area contributed by atoms with Crippen LogP contribution in [-0.2, 0) is 4.43 Å². The highest BCUT2D eigenvalue weighted by Gasteiger charge is 2.50. The summed E-state index contributed by atoms with van der Waals surface area (Å²) in [5.41, 5.74) is 0. The molecule has 0 N–H and O–H groups in total. The number of nitrogens with zero attached hydrogens (tertiary/aromatic N) is 2. The molecule has 162 valence electrons. The molecule has 0 aliphatic carbocycles. The minimum Gasteiger partial charge on any atom is -0.407 e. The molecule has 1 aromatic heterocycles. The maximum Gasteiger partial charge on any atom is 0.261 e. The molecule has 0 fully saturated rings. The van der Waals surface area contributed by atoms with Crippen LogP contribution >= 0.6 is 11.8 Å². The van der Waals surface area contributed by atoms with Gasteiger partial charge in [-0.25, -0.2) is 9.97 Å². The second-order valence-electron chi connectivity index (χ2n) is 8.71. The van der Waals surface area contributed by atoms with Crippen LogP contribution in [0.4, 0.5) is 0 Å². The summed E-state index contributed by atoms with van der Waals surface area (Å²) in [5.74, 6) is 1.24. The van der Waals surface area contributed by atoms with Crippen molar-refractivity contribution in [1.29, 1.82) is 0 Å². The normalized spacial score (nSPS) is 13.0. The lowest BCUT2D eigenvalue weighted by atomic mass is 10.1. The molecule has 0 amide bonds. The molecule has 1 atom stereocenters. The summed E-state index contributed by atoms with van der Waals surface area (Å²) in [7, 11) is -2.52. The average Bonchev–Trinajstić information content (AvgIpc) is 2.79. The summed E-state index contributed by atoms with van der Waals surface area (Å²) in [5, 5.41) is 3.40. The number of hydrogen-bond acceptors (Lipinski definition) is 4. The molecule has 5 heteroatoms. The van der Waals surface area contributed by atoms with Crippen molar-refractivity contribution in [2.75, 3.05) is 12.4 Å². The molecule has 0 radical (unpaired) electrons. The van der Waals surface area contributed by atoms with Gasteiger partial charge >= 0.3 is 0 Å². The highest BCUT2D eigenvalue weighted by molar-refractivity contribution is 7.99. The first-order valence-corrected chi connectivity index (χ1v) is 13.6. The van der Waals surface area contributed by atoms with Crippen LogP contribution < -0.4 is 10.4 Å². The Labute approximate surface area is 192 Å². The molecule has 3 nitrogen and oxygen atoms in total. The Morgan fingerprint density at radius 3 is 1.97 bits per heavy atom. The minimum absolute atomic E-state index is 0.0237. The van der Waals surface area contributed by atoms with Gasteiger partial charge in [0.25, 0.3) is 8.32 Å². The third kappa shape index (κ3) is 5.73. The van der Waals surface area contributed by atoms with E-state index in [2.05, 4.69) is 98.0 Å². The molecule has 0 aliphatic heterocycles. The fourth-order valence-electron chi connectivity index (χ4n) is 3.98. The van der Waals surface area contributed by atoms with Crippen molar-refractivity contribution in [2.24, 2.45) is 5.92 Å². The first-order valence-electron chi connectivity index (χ1n) is 10.7. The van der Waals surface area contributed by atoms with E-state index in [0.717, 1.165) is 17.3 Å². The summed E-state index contributed by atoms with van der Waals surface area (Å²) in [4.78, 5) is 8.70. The quantitative estimate of drug-likeness (QED) is 0.182. The van der Waals surface area contributed by atoms with E-state index in [1.807, 2.05) is 12.1 Å². The summed E-state index contributed by atoms with van der Waals surface area (Å²) in [6, 6.07) is 23.4. The van der Waals surface area contributed by atoms with Crippen molar-refractivity contribution in [3.8, 4) is 0 Å². The zero-order valence-electron chi connectivity index (χ0n) is 18.7. The Balaban J connectivity index is 1.91. The van der Waals surface area contributed by atoms with Gasteiger partial charge in [0.15, 0.2) is 5.16 Å². The lowest BCUT2D eigenvalue weighted by Gasteiger charge is -2.43. The highest BCUT2D eigenvalue weighted by atomic mass is 32.2. The molecule has 0 saturated carbocycles. The van der Waals surface area contributed by atoms with Crippen LogP contribution in [0.15, 0.2) is 96.9 Å². The Morgan fingerprint density at radius 2 is 1.48 bits per heavy atom. The molecular weight excluding hydrogens is 416 g/mol. The van der Waals surface area contributed by atoms with E-state index < -0.39 is 8.32 Å². The number of thioether (sulfide) groups is 1. The number of rotatable bonds is 10. The van der Waals surface area contributed by atoms with Gasteiger partial charge < -0.3 is 4.43 Å². The molecule has 1 heterocycles. The van der Waals surface area contributed by atoms with Crippen molar-refractivity contribution >= 4 is 30.5 Å². The van der Waals surface area contributed by atoms with Gasteiger partial charge in [-0.15, -0.1) is 6.58 Å². The van der Waals surface area contributed by atoms with E-state index in [1.165, 1.54) is 10.4 Å². The number of hydrogen-bond donors (Lipinski definition) is 0. The second kappa shape index (κ2) is 10.9. The van der Waals surface area contributed by atoms with Gasteiger partial charge in [0, 0.05) is 24.8 Å². The zero-order chi connectivity index (χ0) is 22.2. The monoisotopic (exact) mass is 448 g/mol. The van der Waals surface area contributed by atoms with Gasteiger partial charge in [-0.3, -0.25) is 0 Å². The minimum atomic E-state index is -2.52. The molecule has 0 bridgehead atoms. The van der Waals surface area contributed by atoms with E-state index in [1.54, 1.807) is 24.2 Å². The summed E-state index contributed by atoms with van der Waals surface area (Å²) < 4.78 is 7.11. The molecule has 3 rings (SSSR count). The van der Waals surface area contributed by atoms with E-state index in [-0.39, 0.29) is 5.04 Å². The molecule has 0 spiro atoms. The van der Waals surface area contributed by atoms with Gasteiger partial charge in [0.2, 0.25) is 0 Å². The maximum absolute atomic E-state index is 7.11. The molecule has 3 aromatic rings. The highest BCUT2D eigenvalue weighted by Crippen LogP contribution is 2.37. The van der Waals surface area contributed by atoms with Gasteiger partial charge in [-0.1, -0.05) is 99.3 Å². The Bertz CT molecular complexity index is 890. The van der Waals surface area contributed by atoms with E-state index >= 15 is 0 Å². The summed E-state index contributed by atoms with van der Waals surface area (Å²) in [6.45, 7) is 11.6. The third-order valence-corrected chi connectivity index (χ3v) is 11.6. The van der Waals surface area contributed by atoms with Crippen LogP contribution in [0, 0.1) is 5.92 Å². The molecule has 0 unspecified atom stereocenters. The van der Waals surface area contributed by atoms with Crippen LogP contribution in [0.1, 0.15) is 27.2 Å². The van der Waals surface area contributed by atoms with Crippen LogP contribution in [-0.4, -0.2) is 30.6 Å². The van der Waals surface area contributed by atoms with Crippen LogP contribution in [0.3, 0.4) is 0 Å². The summed E-state index contributed by atoms with van der Waals surface area (Å²) >= 11 is 1.68. The van der Waals surface area contributed by atoms with Gasteiger partial charge in [0.1, 0.15) is 0 Å². The predicted molar refractivity (Wildman–Crippen MR) is 135 cm³/mol. The third-order valence-electron chi connectivity index (χ3n) is 5.44. The molecular formula is C26H32N2OSSi. The first-order chi connectivity index (χ1) is 15.0. The van der Waals surface area contributed by atoms with E-state index in [0.29, 0.717) is 12.5 Å². The van der Waals surface area contributed by atoms with Gasteiger partial charge in [-0.05, 0) is 33.8 Å². The Hall–Kier alpha value is -2.21. The van der Waals surface area contributed by atoms with Crippen LogP contribution in [0.2, 0.25) is 5.04 Å². The summed E-state index contributed by atoms with van der Waals surface area (Å²) in [6.07, 6.45) is 6.47. The predicted octanol–water partition coefficient (Wildman–Crippen LogP) is 5.34. The number of benzene rings is 2. The SMILES string of the molecule is C=CC[C@H](CO[Si](c1ccccc1)(c1ccccc1)C(C)(C)C)CSc1ncccn1. The maximum atomic E-state index is 7.11. The van der Waals surface area contributed by atoms with Gasteiger partial charge in [0.05, 0.1) is 0 Å². The fraction of sp³-hybridized carbons (Fsp3) is 0.308. The lowest BCUT2D eigenvalue weighted by molar-refractivity contribution is 0.248. The van der Waals surface area contributed by atoms with Gasteiger partial charge in [-0.2, -0.15) is 0 Å². The zero-order valence-corrected chi connectivity index (χ0v) is 20.5. The molecule has 31 heavy (non-hydrogen) atoms. The molecule has 0 aliphatic rings. The van der Waals surface area contributed by atoms with Crippen molar-refractivity contribution in [1.82, 2.24) is 9.97 Å². The number of allylic oxidation sites excluding steroid dienone is 1. The van der Waals surface area contributed by atoms with E-state index in [9.17, 15) is 0 Å². The smallest absolute Gasteiger partial charge is 0.261 e. The van der Waals surface area contributed by atoms with E-state index in [4.69, 9.17) is 4.43 Å². The van der Waals surface area contributed by atoms with Crippen molar-refractivity contribution in [3.05, 3.63) is 91.8 Å². The van der Waals surface area contributed by atoms with Crippen molar-refractivity contribution in [3.63, 3.8) is 0 Å². The lowest BCUT2D eigenvalue weighted by Crippen LogP contribution is -2.67.